The Morgan fingerprint density at radius 3 is 2.80 bits per heavy atom. The first-order valence-corrected chi connectivity index (χ1v) is 10.3. The fraction of sp³-hybridized carbons (Fsp3) is 0.333. The van der Waals surface area contributed by atoms with Gasteiger partial charge in [-0.05, 0) is 49.6 Å². The molecule has 4 nitrogen and oxygen atoms in total. The number of thioether (sulfide) groups is 1. The van der Waals surface area contributed by atoms with E-state index in [1.165, 1.54) is 11.3 Å². The lowest BCUT2D eigenvalue weighted by molar-refractivity contribution is 0.0958. The number of amides is 1. The number of thiophene rings is 1. The molecule has 0 radical (unpaired) electrons. The molecule has 1 aromatic heterocycles. The summed E-state index contributed by atoms with van der Waals surface area (Å²) in [6.07, 6.45) is 1.70. The van der Waals surface area contributed by atoms with Crippen molar-refractivity contribution in [2.24, 2.45) is 10.7 Å². The number of benzene rings is 1. The molecule has 25 heavy (non-hydrogen) atoms. The zero-order valence-corrected chi connectivity index (χ0v) is 16.3. The number of nitrogens with two attached hydrogens (primary N) is 1. The summed E-state index contributed by atoms with van der Waals surface area (Å²) < 4.78 is 0. The van der Waals surface area contributed by atoms with Gasteiger partial charge in [-0.1, -0.05) is 35.5 Å². The third-order valence-corrected chi connectivity index (χ3v) is 6.55. The Morgan fingerprint density at radius 1 is 1.32 bits per heavy atom. The van der Waals surface area contributed by atoms with Crippen LogP contribution < -0.4 is 11.1 Å². The van der Waals surface area contributed by atoms with Gasteiger partial charge in [0.25, 0.3) is 5.91 Å². The number of carbonyl (C=O) groups is 1. The molecule has 1 atom stereocenters. The number of aliphatic imine (C=N–C) groups is 1. The van der Waals surface area contributed by atoms with E-state index in [9.17, 15) is 4.79 Å². The van der Waals surface area contributed by atoms with E-state index in [1.54, 1.807) is 11.8 Å². The number of rotatable bonds is 5. The molecule has 7 heteroatoms. The monoisotopic (exact) mass is 393 g/mol. The Labute approximate surface area is 160 Å². The molecule has 2 heterocycles. The van der Waals surface area contributed by atoms with Crippen LogP contribution in [0.5, 0.6) is 0 Å². The van der Waals surface area contributed by atoms with E-state index in [2.05, 4.69) is 17.2 Å². The van der Waals surface area contributed by atoms with E-state index >= 15 is 0 Å². The minimum absolute atomic E-state index is 0.0454. The average Bonchev–Trinajstić information content (AvgIpc) is 3.07. The Hall–Kier alpha value is -1.50. The van der Waals surface area contributed by atoms with Crippen molar-refractivity contribution >= 4 is 45.8 Å². The normalized spacial score (nSPS) is 20.2. The Morgan fingerprint density at radius 2 is 2.08 bits per heavy atom. The van der Waals surface area contributed by atoms with Gasteiger partial charge < -0.3 is 11.1 Å². The molecule has 3 rings (SSSR count). The highest BCUT2D eigenvalue weighted by atomic mass is 35.5. The van der Waals surface area contributed by atoms with Crippen molar-refractivity contribution in [3.05, 3.63) is 56.7 Å². The van der Waals surface area contributed by atoms with Gasteiger partial charge in [0, 0.05) is 22.2 Å². The molecule has 0 saturated carbocycles. The molecule has 3 N–H and O–H groups in total. The maximum absolute atomic E-state index is 12.4. The van der Waals surface area contributed by atoms with Crippen LogP contribution in [0.25, 0.3) is 0 Å². The van der Waals surface area contributed by atoms with Gasteiger partial charge in [-0.3, -0.25) is 9.79 Å². The van der Waals surface area contributed by atoms with Crippen LogP contribution >= 0.6 is 34.7 Å². The lowest BCUT2D eigenvalue weighted by atomic mass is 9.98. The number of nitrogens with one attached hydrogen (secondary N) is 1. The smallest absolute Gasteiger partial charge is 0.261 e. The molecule has 1 amide bonds. The quantitative estimate of drug-likeness (QED) is 0.805. The van der Waals surface area contributed by atoms with Gasteiger partial charge in [0.2, 0.25) is 0 Å². The Bertz CT molecular complexity index is 788. The Kier molecular flexibility index (Phi) is 5.71. The third-order valence-electron chi connectivity index (χ3n) is 4.17. The molecule has 0 bridgehead atoms. The fourth-order valence-electron chi connectivity index (χ4n) is 2.67. The van der Waals surface area contributed by atoms with Gasteiger partial charge in [0.1, 0.15) is 0 Å². The summed E-state index contributed by atoms with van der Waals surface area (Å²) in [4.78, 5) is 18.7. The van der Waals surface area contributed by atoms with Crippen molar-refractivity contribution in [2.75, 3.05) is 12.3 Å². The predicted octanol–water partition coefficient (Wildman–Crippen LogP) is 4.04. The van der Waals surface area contributed by atoms with Crippen molar-refractivity contribution in [1.29, 1.82) is 0 Å². The molecular formula is C18H20ClN3OS2. The fourth-order valence-corrected chi connectivity index (χ4v) is 4.81. The topological polar surface area (TPSA) is 67.5 Å². The molecule has 1 aliphatic rings. The van der Waals surface area contributed by atoms with E-state index in [0.717, 1.165) is 34.1 Å². The summed E-state index contributed by atoms with van der Waals surface area (Å²) in [5, 5.41) is 4.31. The highest BCUT2D eigenvalue weighted by Crippen LogP contribution is 2.38. The summed E-state index contributed by atoms with van der Waals surface area (Å²) >= 11 is 8.95. The van der Waals surface area contributed by atoms with Crippen LogP contribution in [0.3, 0.4) is 0 Å². The second kappa shape index (κ2) is 7.81. The zero-order chi connectivity index (χ0) is 17.9. The molecule has 0 aliphatic carbocycles. The second-order valence-corrected chi connectivity index (χ2v) is 8.75. The first-order chi connectivity index (χ1) is 12.0. The van der Waals surface area contributed by atoms with Gasteiger partial charge in [-0.15, -0.1) is 11.3 Å². The van der Waals surface area contributed by atoms with E-state index in [-0.39, 0.29) is 11.4 Å². The number of halogens is 1. The summed E-state index contributed by atoms with van der Waals surface area (Å²) in [5.41, 5.74) is 6.70. The van der Waals surface area contributed by atoms with Crippen LogP contribution in [0.2, 0.25) is 5.02 Å². The molecule has 1 unspecified atom stereocenters. The molecular weight excluding hydrogens is 374 g/mol. The lowest BCUT2D eigenvalue weighted by Gasteiger charge is -2.28. The van der Waals surface area contributed by atoms with Gasteiger partial charge in [0.05, 0.1) is 10.4 Å². The molecule has 1 aromatic carbocycles. The highest BCUT2D eigenvalue weighted by molar-refractivity contribution is 8.13. The van der Waals surface area contributed by atoms with Crippen LogP contribution in [0, 0.1) is 0 Å². The molecule has 132 valence electrons. The Balaban J connectivity index is 1.59. The van der Waals surface area contributed by atoms with E-state index in [1.807, 2.05) is 36.4 Å². The maximum Gasteiger partial charge on any atom is 0.261 e. The summed E-state index contributed by atoms with van der Waals surface area (Å²) in [6.45, 7) is 2.67. The van der Waals surface area contributed by atoms with Crippen LogP contribution in [0.1, 0.15) is 33.5 Å². The van der Waals surface area contributed by atoms with Crippen LogP contribution in [0.4, 0.5) is 0 Å². The third kappa shape index (κ3) is 4.57. The summed E-state index contributed by atoms with van der Waals surface area (Å²) in [6, 6.07) is 11.5. The standard InChI is InChI=1S/C18H20ClN3OS2/c1-18(9-11-24-17(20)22-18)15-7-6-14(25-15)16(23)21-10-8-12-2-4-13(19)5-3-12/h2-7H,8-11H2,1H3,(H2,20,22)(H,21,23). The van der Waals surface area contributed by atoms with Gasteiger partial charge >= 0.3 is 0 Å². The van der Waals surface area contributed by atoms with Crippen molar-refractivity contribution in [3.63, 3.8) is 0 Å². The first kappa shape index (κ1) is 18.3. The maximum atomic E-state index is 12.4. The number of hydrogen-bond donors (Lipinski definition) is 2. The predicted molar refractivity (Wildman–Crippen MR) is 108 cm³/mol. The van der Waals surface area contributed by atoms with Crippen LogP contribution in [-0.4, -0.2) is 23.4 Å². The summed E-state index contributed by atoms with van der Waals surface area (Å²) in [5.74, 6) is 0.905. The SMILES string of the molecule is CC1(c2ccc(C(=O)NCCc3ccc(Cl)cc3)s2)CCSC(N)=N1. The number of hydrogen-bond acceptors (Lipinski definition) is 5. The average molecular weight is 394 g/mol. The van der Waals surface area contributed by atoms with Crippen molar-refractivity contribution in [1.82, 2.24) is 5.32 Å². The largest absolute Gasteiger partial charge is 0.379 e. The van der Waals surface area contributed by atoms with Crippen LogP contribution in [0.15, 0.2) is 41.4 Å². The minimum atomic E-state index is -0.318. The van der Waals surface area contributed by atoms with Crippen molar-refractivity contribution in [2.45, 2.75) is 25.3 Å². The highest BCUT2D eigenvalue weighted by Gasteiger charge is 2.31. The van der Waals surface area contributed by atoms with E-state index in [0.29, 0.717) is 16.6 Å². The molecule has 2 aromatic rings. The number of amidine groups is 1. The molecule has 0 spiro atoms. The number of nitrogens with zero attached hydrogens (tertiary/aromatic N) is 1. The summed E-state index contributed by atoms with van der Waals surface area (Å²) in [7, 11) is 0. The second-order valence-electron chi connectivity index (χ2n) is 6.12. The molecule has 0 fully saturated rings. The number of carbonyl (C=O) groups excluding carboxylic acids is 1. The van der Waals surface area contributed by atoms with Crippen molar-refractivity contribution in [3.8, 4) is 0 Å². The molecule has 0 saturated heterocycles. The molecule has 1 aliphatic heterocycles. The van der Waals surface area contributed by atoms with Gasteiger partial charge in [-0.2, -0.15) is 0 Å². The van der Waals surface area contributed by atoms with Gasteiger partial charge in [0.15, 0.2) is 5.17 Å². The first-order valence-electron chi connectivity index (χ1n) is 8.07. The lowest BCUT2D eigenvalue weighted by Crippen LogP contribution is -2.28. The zero-order valence-electron chi connectivity index (χ0n) is 13.9. The van der Waals surface area contributed by atoms with E-state index < -0.39 is 0 Å². The minimum Gasteiger partial charge on any atom is -0.379 e. The van der Waals surface area contributed by atoms with E-state index in [4.69, 9.17) is 17.3 Å². The van der Waals surface area contributed by atoms with Crippen LogP contribution in [-0.2, 0) is 12.0 Å². The van der Waals surface area contributed by atoms with Crippen molar-refractivity contribution < 1.29 is 4.79 Å². The van der Waals surface area contributed by atoms with Gasteiger partial charge in [-0.25, -0.2) is 0 Å².